The van der Waals surface area contributed by atoms with Crippen molar-refractivity contribution in [1.82, 2.24) is 4.90 Å². The zero-order chi connectivity index (χ0) is 16.2. The molecule has 0 radical (unpaired) electrons. The molecule has 0 aliphatic heterocycles. The number of hydrogen-bond acceptors (Lipinski definition) is 4. The van der Waals surface area contributed by atoms with Crippen LogP contribution in [0.25, 0.3) is 0 Å². The van der Waals surface area contributed by atoms with Crippen LogP contribution in [-0.4, -0.2) is 46.0 Å². The van der Waals surface area contributed by atoms with Crippen molar-refractivity contribution in [2.75, 3.05) is 26.8 Å². The van der Waals surface area contributed by atoms with Crippen molar-refractivity contribution >= 4 is 43.5 Å². The molecule has 1 amide bonds. The summed E-state index contributed by atoms with van der Waals surface area (Å²) < 4.78 is 28.3. The first kappa shape index (κ1) is 18.4. The number of benzene rings is 1. The van der Waals surface area contributed by atoms with Gasteiger partial charge in [0.25, 0.3) is 5.91 Å². The number of halogens is 2. The minimum Gasteiger partial charge on any atom is -0.380 e. The van der Waals surface area contributed by atoms with Gasteiger partial charge < -0.3 is 9.64 Å². The van der Waals surface area contributed by atoms with Gasteiger partial charge >= 0.3 is 0 Å². The van der Waals surface area contributed by atoms with Gasteiger partial charge in [-0.05, 0) is 35.0 Å². The van der Waals surface area contributed by atoms with Crippen LogP contribution in [0.3, 0.4) is 0 Å². The highest BCUT2D eigenvalue weighted by atomic mass is 79.9. The topological polar surface area (TPSA) is 89.7 Å². The fraction of sp³-hybridized carbons (Fsp3) is 0.417. The molecule has 0 spiro atoms. The first-order valence-corrected chi connectivity index (χ1v) is 8.75. The highest BCUT2D eigenvalue weighted by molar-refractivity contribution is 9.10. The fourth-order valence-corrected chi connectivity index (χ4v) is 3.39. The zero-order valence-corrected chi connectivity index (χ0v) is 14.8. The summed E-state index contributed by atoms with van der Waals surface area (Å²) in [5.74, 6) is -0.367. The van der Waals surface area contributed by atoms with Crippen LogP contribution < -0.4 is 5.14 Å². The molecule has 0 saturated carbocycles. The summed E-state index contributed by atoms with van der Waals surface area (Å²) in [6.07, 6.45) is 0. The summed E-state index contributed by atoms with van der Waals surface area (Å²) >= 11 is 8.99. The van der Waals surface area contributed by atoms with Gasteiger partial charge in [-0.3, -0.25) is 4.79 Å². The van der Waals surface area contributed by atoms with E-state index in [0.717, 1.165) is 0 Å². The lowest BCUT2D eigenvalue weighted by Crippen LogP contribution is -2.30. The van der Waals surface area contributed by atoms with E-state index >= 15 is 0 Å². The number of nitrogens with zero attached hydrogens (tertiary/aromatic N) is 1. The molecule has 0 atom stereocenters. The van der Waals surface area contributed by atoms with Crippen molar-refractivity contribution in [3.05, 3.63) is 27.2 Å². The molecule has 6 nitrogen and oxygen atoms in total. The molecule has 1 aromatic rings. The van der Waals surface area contributed by atoms with Crippen LogP contribution in [-0.2, 0) is 14.8 Å². The number of ether oxygens (including phenoxy) is 1. The molecule has 118 valence electrons. The minimum absolute atomic E-state index is 0.100. The van der Waals surface area contributed by atoms with E-state index in [1.54, 1.807) is 7.05 Å². The Bertz CT molecular complexity index is 636. The number of likely N-dealkylation sites (N-methyl/N-ethyl adjacent to an activating group) is 1. The van der Waals surface area contributed by atoms with Gasteiger partial charge in [0.1, 0.15) is 0 Å². The Hall–Kier alpha value is -0.670. The first-order valence-electron chi connectivity index (χ1n) is 6.03. The summed E-state index contributed by atoms with van der Waals surface area (Å²) in [5, 5.41) is 5.21. The van der Waals surface area contributed by atoms with E-state index in [9.17, 15) is 13.2 Å². The maximum Gasteiger partial charge on any atom is 0.253 e. The maximum atomic E-state index is 12.2. The Morgan fingerprint density at radius 2 is 2.10 bits per heavy atom. The van der Waals surface area contributed by atoms with Gasteiger partial charge in [0.15, 0.2) is 0 Å². The van der Waals surface area contributed by atoms with Gasteiger partial charge in [0, 0.05) is 25.8 Å². The summed E-state index contributed by atoms with van der Waals surface area (Å²) in [6, 6.07) is 2.59. The van der Waals surface area contributed by atoms with E-state index in [1.807, 2.05) is 6.92 Å². The number of sulfonamides is 1. The number of amides is 1. The lowest BCUT2D eigenvalue weighted by Gasteiger charge is -2.18. The standard InChI is InChI=1S/C12H16BrClN2O4S/c1-3-20-5-4-16(2)12(17)8-6-9(14)11(13)10(7-8)21(15,18)19/h6-7H,3-5H2,1-2H3,(H2,15,18,19). The van der Waals surface area contributed by atoms with E-state index in [4.69, 9.17) is 21.5 Å². The lowest BCUT2D eigenvalue weighted by atomic mass is 10.2. The van der Waals surface area contributed by atoms with E-state index in [0.29, 0.717) is 19.8 Å². The molecule has 1 rings (SSSR count). The van der Waals surface area contributed by atoms with Crippen LogP contribution >= 0.6 is 27.5 Å². The van der Waals surface area contributed by atoms with Gasteiger partial charge in [-0.25, -0.2) is 13.6 Å². The van der Waals surface area contributed by atoms with Crippen molar-refractivity contribution in [2.24, 2.45) is 5.14 Å². The predicted molar refractivity (Wildman–Crippen MR) is 84.0 cm³/mol. The quantitative estimate of drug-likeness (QED) is 0.739. The number of rotatable bonds is 6. The third-order valence-corrected chi connectivity index (χ3v) is 5.25. The van der Waals surface area contributed by atoms with Gasteiger partial charge in [-0.2, -0.15) is 0 Å². The smallest absolute Gasteiger partial charge is 0.253 e. The molecule has 0 saturated heterocycles. The van der Waals surface area contributed by atoms with Crippen LogP contribution in [0.4, 0.5) is 0 Å². The predicted octanol–water partition coefficient (Wildman–Crippen LogP) is 1.86. The van der Waals surface area contributed by atoms with Gasteiger partial charge in [0.2, 0.25) is 10.0 Å². The summed E-state index contributed by atoms with van der Waals surface area (Å²) in [4.78, 5) is 13.4. The molecule has 0 unspecified atom stereocenters. The second-order valence-corrected chi connectivity index (χ2v) is 6.97. The van der Waals surface area contributed by atoms with Crippen LogP contribution in [0.5, 0.6) is 0 Å². The van der Waals surface area contributed by atoms with Crippen LogP contribution in [0.2, 0.25) is 5.02 Å². The number of hydrogen-bond donors (Lipinski definition) is 1. The van der Waals surface area contributed by atoms with Crippen molar-refractivity contribution in [2.45, 2.75) is 11.8 Å². The molecule has 0 aliphatic carbocycles. The molecule has 0 heterocycles. The highest BCUT2D eigenvalue weighted by Gasteiger charge is 2.20. The summed E-state index contributed by atoms with van der Waals surface area (Å²) in [5.41, 5.74) is 0.145. The molecular formula is C12H16BrClN2O4S. The Labute approximate surface area is 137 Å². The third kappa shape index (κ3) is 4.93. The first-order chi connectivity index (χ1) is 9.68. The summed E-state index contributed by atoms with van der Waals surface area (Å²) in [7, 11) is -2.39. The van der Waals surface area contributed by atoms with Crippen molar-refractivity contribution in [3.63, 3.8) is 0 Å². The normalized spacial score (nSPS) is 11.5. The largest absolute Gasteiger partial charge is 0.380 e. The number of carbonyl (C=O) groups excluding carboxylic acids is 1. The Kier molecular flexibility index (Phi) is 6.61. The minimum atomic E-state index is -3.99. The lowest BCUT2D eigenvalue weighted by molar-refractivity contribution is 0.0709. The van der Waals surface area contributed by atoms with Crippen LogP contribution in [0.15, 0.2) is 21.5 Å². The van der Waals surface area contributed by atoms with Crippen LogP contribution in [0, 0.1) is 0 Å². The molecular weight excluding hydrogens is 384 g/mol. The Morgan fingerprint density at radius 1 is 1.48 bits per heavy atom. The molecule has 0 aliphatic rings. The second kappa shape index (κ2) is 7.55. The number of primary sulfonamides is 1. The van der Waals surface area contributed by atoms with Gasteiger partial charge in [-0.1, -0.05) is 11.6 Å². The van der Waals surface area contributed by atoms with Crippen molar-refractivity contribution < 1.29 is 17.9 Å². The Morgan fingerprint density at radius 3 is 2.62 bits per heavy atom. The molecule has 21 heavy (non-hydrogen) atoms. The number of nitrogens with two attached hydrogens (primary N) is 1. The van der Waals surface area contributed by atoms with E-state index in [-0.39, 0.29) is 25.9 Å². The van der Waals surface area contributed by atoms with Crippen molar-refractivity contribution in [3.8, 4) is 0 Å². The Balaban J connectivity index is 3.09. The van der Waals surface area contributed by atoms with E-state index in [1.165, 1.54) is 17.0 Å². The zero-order valence-electron chi connectivity index (χ0n) is 11.6. The molecule has 0 aromatic heterocycles. The molecule has 9 heteroatoms. The molecule has 0 fully saturated rings. The highest BCUT2D eigenvalue weighted by Crippen LogP contribution is 2.31. The fourth-order valence-electron chi connectivity index (χ4n) is 1.56. The molecule has 1 aromatic carbocycles. The van der Waals surface area contributed by atoms with Gasteiger partial charge in [-0.15, -0.1) is 0 Å². The van der Waals surface area contributed by atoms with Crippen molar-refractivity contribution in [1.29, 1.82) is 0 Å². The third-order valence-electron chi connectivity index (χ3n) is 2.67. The monoisotopic (exact) mass is 398 g/mol. The molecule has 2 N–H and O–H groups in total. The average Bonchev–Trinajstić information content (AvgIpc) is 2.39. The van der Waals surface area contributed by atoms with Crippen LogP contribution in [0.1, 0.15) is 17.3 Å². The average molecular weight is 400 g/mol. The molecule has 0 bridgehead atoms. The van der Waals surface area contributed by atoms with E-state index < -0.39 is 10.0 Å². The van der Waals surface area contributed by atoms with Gasteiger partial charge in [0.05, 0.1) is 21.0 Å². The maximum absolute atomic E-state index is 12.2. The summed E-state index contributed by atoms with van der Waals surface area (Å²) in [6.45, 7) is 3.19. The SMILES string of the molecule is CCOCCN(C)C(=O)c1cc(Cl)c(Br)c(S(N)(=O)=O)c1. The number of carbonyl (C=O) groups is 1. The van der Waals surface area contributed by atoms with E-state index in [2.05, 4.69) is 15.9 Å². The second-order valence-electron chi connectivity index (χ2n) is 4.24.